The zero-order chi connectivity index (χ0) is 16.9. The molecule has 0 saturated carbocycles. The molecule has 8 heteroatoms. The number of nitrogens with two attached hydrogens (primary N) is 1. The van der Waals surface area contributed by atoms with Crippen molar-refractivity contribution in [2.24, 2.45) is 11.7 Å². The van der Waals surface area contributed by atoms with Crippen LogP contribution in [0.2, 0.25) is 10.0 Å². The molecule has 0 unspecified atom stereocenters. The Kier molecular flexibility index (Phi) is 6.64. The van der Waals surface area contributed by atoms with Crippen LogP contribution in [0.15, 0.2) is 18.2 Å². The number of ether oxygens (including phenoxy) is 1. The fourth-order valence-corrected chi connectivity index (χ4v) is 2.12. The zero-order valence-corrected chi connectivity index (χ0v) is 13.6. The van der Waals surface area contributed by atoms with E-state index in [4.69, 9.17) is 33.7 Å². The number of hydrogen-bond acceptors (Lipinski definition) is 4. The molecule has 2 amide bonds. The van der Waals surface area contributed by atoms with Crippen molar-refractivity contribution in [1.29, 1.82) is 0 Å². The average molecular weight is 347 g/mol. The molecule has 1 aromatic carbocycles. The summed E-state index contributed by atoms with van der Waals surface area (Å²) in [7, 11) is 0. The van der Waals surface area contributed by atoms with Crippen molar-refractivity contribution in [2.75, 3.05) is 6.61 Å². The Morgan fingerprint density at radius 2 is 1.91 bits per heavy atom. The van der Waals surface area contributed by atoms with Gasteiger partial charge in [0.25, 0.3) is 11.8 Å². The lowest BCUT2D eigenvalue weighted by Gasteiger charge is -2.20. The highest BCUT2D eigenvalue weighted by atomic mass is 35.5. The smallest absolute Gasteiger partial charge is 0.329 e. The van der Waals surface area contributed by atoms with Crippen molar-refractivity contribution in [3.63, 3.8) is 0 Å². The van der Waals surface area contributed by atoms with Crippen LogP contribution >= 0.6 is 23.2 Å². The summed E-state index contributed by atoms with van der Waals surface area (Å²) < 4.78 is 4.73. The molecular weight excluding hydrogens is 331 g/mol. The number of hydrogen-bond donors (Lipinski definition) is 2. The number of benzene rings is 1. The summed E-state index contributed by atoms with van der Waals surface area (Å²) in [6, 6.07) is 3.46. The van der Waals surface area contributed by atoms with Crippen LogP contribution in [-0.4, -0.2) is 30.4 Å². The molecule has 0 aliphatic heterocycles. The molecule has 0 saturated heterocycles. The van der Waals surface area contributed by atoms with Gasteiger partial charge >= 0.3 is 5.97 Å². The molecule has 0 radical (unpaired) electrons. The van der Waals surface area contributed by atoms with Gasteiger partial charge in [-0.3, -0.25) is 9.59 Å². The summed E-state index contributed by atoms with van der Waals surface area (Å²) in [4.78, 5) is 34.7. The van der Waals surface area contributed by atoms with Gasteiger partial charge in [0.2, 0.25) is 0 Å². The summed E-state index contributed by atoms with van der Waals surface area (Å²) in [6.45, 7) is 2.90. The van der Waals surface area contributed by atoms with Gasteiger partial charge in [-0.15, -0.1) is 0 Å². The number of carbonyl (C=O) groups is 3. The van der Waals surface area contributed by atoms with E-state index in [0.717, 1.165) is 0 Å². The van der Waals surface area contributed by atoms with Gasteiger partial charge in [0, 0.05) is 5.02 Å². The van der Waals surface area contributed by atoms with Crippen molar-refractivity contribution in [2.45, 2.75) is 19.9 Å². The van der Waals surface area contributed by atoms with E-state index >= 15 is 0 Å². The first kappa shape index (κ1) is 18.3. The maximum Gasteiger partial charge on any atom is 0.329 e. The van der Waals surface area contributed by atoms with Crippen molar-refractivity contribution in [3.8, 4) is 0 Å². The first-order valence-electron chi connectivity index (χ1n) is 6.43. The molecule has 6 nitrogen and oxygen atoms in total. The van der Waals surface area contributed by atoms with E-state index in [0.29, 0.717) is 5.02 Å². The van der Waals surface area contributed by atoms with Crippen LogP contribution in [0.3, 0.4) is 0 Å². The molecule has 0 bridgehead atoms. The Bertz CT molecular complexity index is 590. The van der Waals surface area contributed by atoms with Crippen LogP contribution in [0.5, 0.6) is 0 Å². The maximum atomic E-state index is 12.2. The van der Waals surface area contributed by atoms with Gasteiger partial charge in [0.15, 0.2) is 6.61 Å². The number of esters is 1. The molecule has 120 valence electrons. The molecule has 0 aliphatic carbocycles. The number of carbonyl (C=O) groups excluding carboxylic acids is 3. The molecule has 0 aromatic heterocycles. The van der Waals surface area contributed by atoms with Gasteiger partial charge < -0.3 is 15.8 Å². The van der Waals surface area contributed by atoms with E-state index in [9.17, 15) is 14.4 Å². The molecule has 1 aromatic rings. The summed E-state index contributed by atoms with van der Waals surface area (Å²) in [6.07, 6.45) is 0. The van der Waals surface area contributed by atoms with Crippen LogP contribution < -0.4 is 11.1 Å². The number of nitrogens with one attached hydrogen (secondary N) is 1. The van der Waals surface area contributed by atoms with Crippen molar-refractivity contribution in [3.05, 3.63) is 33.8 Å². The average Bonchev–Trinajstić information content (AvgIpc) is 2.41. The van der Waals surface area contributed by atoms with E-state index in [1.165, 1.54) is 18.2 Å². The lowest BCUT2D eigenvalue weighted by Crippen LogP contribution is -2.46. The third-order valence-electron chi connectivity index (χ3n) is 2.74. The predicted octanol–water partition coefficient (Wildman–Crippen LogP) is 1.78. The van der Waals surface area contributed by atoms with E-state index in [1.54, 1.807) is 13.8 Å². The lowest BCUT2D eigenvalue weighted by molar-refractivity contribution is -0.150. The quantitative estimate of drug-likeness (QED) is 0.767. The van der Waals surface area contributed by atoms with Crippen LogP contribution in [-0.2, 0) is 14.3 Å². The summed E-state index contributed by atoms with van der Waals surface area (Å²) in [5.41, 5.74) is 5.09. The Hall–Kier alpha value is -1.79. The lowest BCUT2D eigenvalue weighted by atomic mass is 10.0. The minimum absolute atomic E-state index is 0.165. The summed E-state index contributed by atoms with van der Waals surface area (Å²) >= 11 is 11.7. The Labute approximate surface area is 137 Å². The van der Waals surface area contributed by atoms with Crippen molar-refractivity contribution in [1.82, 2.24) is 5.32 Å². The molecule has 0 spiro atoms. The highest BCUT2D eigenvalue weighted by Crippen LogP contribution is 2.21. The Morgan fingerprint density at radius 3 is 2.41 bits per heavy atom. The summed E-state index contributed by atoms with van der Waals surface area (Å²) in [5, 5.41) is 3.08. The molecule has 22 heavy (non-hydrogen) atoms. The summed E-state index contributed by atoms with van der Waals surface area (Å²) in [5.74, 6) is -2.32. The van der Waals surface area contributed by atoms with E-state index in [-0.39, 0.29) is 16.5 Å². The molecule has 0 heterocycles. The van der Waals surface area contributed by atoms with Crippen molar-refractivity contribution >= 4 is 41.0 Å². The third kappa shape index (κ3) is 5.20. The molecule has 1 atom stereocenters. The highest BCUT2D eigenvalue weighted by Gasteiger charge is 2.27. The fraction of sp³-hybridized carbons (Fsp3) is 0.357. The molecule has 1 rings (SSSR count). The minimum Gasteiger partial charge on any atom is -0.454 e. The second kappa shape index (κ2) is 8.00. The number of amides is 2. The monoisotopic (exact) mass is 346 g/mol. The fourth-order valence-electron chi connectivity index (χ4n) is 1.62. The molecule has 3 N–H and O–H groups in total. The van der Waals surface area contributed by atoms with Crippen LogP contribution in [0, 0.1) is 5.92 Å². The normalized spacial score (nSPS) is 11.9. The highest BCUT2D eigenvalue weighted by molar-refractivity contribution is 6.36. The predicted molar refractivity (Wildman–Crippen MR) is 82.7 cm³/mol. The van der Waals surface area contributed by atoms with Gasteiger partial charge in [0.1, 0.15) is 6.04 Å². The topological polar surface area (TPSA) is 98.5 Å². The SMILES string of the molecule is CC(C)[C@H](NC(=O)c1ccc(Cl)cc1Cl)C(=O)OCC(N)=O. The van der Waals surface area contributed by atoms with Crippen LogP contribution in [0.1, 0.15) is 24.2 Å². The second-order valence-corrected chi connectivity index (χ2v) is 5.74. The Morgan fingerprint density at radius 1 is 1.27 bits per heavy atom. The maximum absolute atomic E-state index is 12.2. The van der Waals surface area contributed by atoms with E-state index in [1.807, 2.05) is 0 Å². The first-order chi connectivity index (χ1) is 10.2. The van der Waals surface area contributed by atoms with Crippen molar-refractivity contribution < 1.29 is 19.1 Å². The van der Waals surface area contributed by atoms with Gasteiger partial charge in [-0.25, -0.2) is 4.79 Å². The second-order valence-electron chi connectivity index (χ2n) is 4.89. The number of halogens is 2. The molecular formula is C14H16Cl2N2O4. The minimum atomic E-state index is -0.932. The van der Waals surface area contributed by atoms with E-state index < -0.39 is 30.4 Å². The molecule has 0 aliphatic rings. The first-order valence-corrected chi connectivity index (χ1v) is 7.18. The number of rotatable bonds is 6. The van der Waals surface area contributed by atoms with E-state index in [2.05, 4.69) is 5.32 Å². The Balaban J connectivity index is 2.84. The van der Waals surface area contributed by atoms with Gasteiger partial charge in [0.05, 0.1) is 10.6 Å². The third-order valence-corrected chi connectivity index (χ3v) is 3.29. The van der Waals surface area contributed by atoms with Crippen LogP contribution in [0.4, 0.5) is 0 Å². The van der Waals surface area contributed by atoms with Crippen LogP contribution in [0.25, 0.3) is 0 Å². The van der Waals surface area contributed by atoms with Gasteiger partial charge in [-0.1, -0.05) is 37.0 Å². The molecule has 0 fully saturated rings. The number of primary amides is 1. The van der Waals surface area contributed by atoms with Gasteiger partial charge in [-0.05, 0) is 24.1 Å². The largest absolute Gasteiger partial charge is 0.454 e. The van der Waals surface area contributed by atoms with Gasteiger partial charge in [-0.2, -0.15) is 0 Å². The zero-order valence-electron chi connectivity index (χ0n) is 12.1. The standard InChI is InChI=1S/C14H16Cl2N2O4/c1-7(2)12(14(21)22-6-11(17)19)18-13(20)9-4-3-8(15)5-10(9)16/h3-5,7,12H,6H2,1-2H3,(H2,17,19)(H,18,20)/t12-/m0/s1.